The van der Waals surface area contributed by atoms with E-state index in [1.807, 2.05) is 86.7 Å². The minimum Gasteiger partial charge on any atom is -0.504 e. The van der Waals surface area contributed by atoms with Gasteiger partial charge in [0, 0.05) is 10.9 Å². The molecule has 1 saturated carbocycles. The number of aromatic hydroxyl groups is 1. The molecule has 6 atom stereocenters. The number of hydrogen-bond acceptors (Lipinski definition) is 7. The second-order valence-corrected chi connectivity index (χ2v) is 14.8. The van der Waals surface area contributed by atoms with Crippen LogP contribution in [0.4, 0.5) is 11.4 Å². The predicted octanol–water partition coefficient (Wildman–Crippen LogP) is 7.41. The number of amides is 4. The summed E-state index contributed by atoms with van der Waals surface area (Å²) in [5.41, 5.74) is 6.84. The minimum absolute atomic E-state index is 0.0116. The van der Waals surface area contributed by atoms with Crippen molar-refractivity contribution in [1.82, 2.24) is 5.01 Å². The van der Waals surface area contributed by atoms with Crippen molar-refractivity contribution in [2.24, 2.45) is 29.6 Å². The lowest BCUT2D eigenvalue weighted by Gasteiger charge is -2.49. The first kappa shape index (κ1) is 34.4. The number of halogens is 1. The molecule has 10 heteroatoms. The molecule has 0 radical (unpaired) electrons. The quantitative estimate of drug-likeness (QED) is 0.151. The summed E-state index contributed by atoms with van der Waals surface area (Å²) in [4.78, 5) is 59.8. The highest BCUT2D eigenvalue weighted by Gasteiger charge is 2.69. The third-order valence-corrected chi connectivity index (χ3v) is 12.0. The number of hydrogen-bond donors (Lipinski definition) is 2. The minimum atomic E-state index is -1.38. The first-order valence-corrected chi connectivity index (χ1v) is 18.1. The van der Waals surface area contributed by atoms with Gasteiger partial charge in [0.2, 0.25) is 11.8 Å². The summed E-state index contributed by atoms with van der Waals surface area (Å²) in [5.74, 6) is -4.56. The SMILES string of the molecule is COc1cc(C=C[C@H]2C3=CC[C@@H]4C(=O)N(c5ccc(C)c(Cl)c5)C(=O)[C@@H]4[C@@H]3C[C@H]3C(=O)N(Nc4ccc(C)cc4)C(=O)[C@@]23c2ccccc2)ccc1O. The smallest absolute Gasteiger partial charge is 0.260 e. The number of fused-ring (bicyclic) bond motifs is 4. The summed E-state index contributed by atoms with van der Waals surface area (Å²) in [6.07, 6.45) is 6.31. The number of rotatable bonds is 7. The number of hydrazine groups is 1. The van der Waals surface area contributed by atoms with Crippen LogP contribution in [0.15, 0.2) is 109 Å². The fourth-order valence-electron chi connectivity index (χ4n) is 8.97. The molecule has 2 N–H and O–H groups in total. The molecule has 0 aromatic heterocycles. The van der Waals surface area contributed by atoms with Crippen LogP contribution in [0, 0.1) is 43.4 Å². The zero-order chi connectivity index (χ0) is 37.2. The van der Waals surface area contributed by atoms with Crippen molar-refractivity contribution in [1.29, 1.82) is 0 Å². The van der Waals surface area contributed by atoms with Gasteiger partial charge in [-0.2, -0.15) is 5.01 Å². The Kier molecular flexibility index (Phi) is 8.49. The van der Waals surface area contributed by atoms with E-state index in [4.69, 9.17) is 16.3 Å². The van der Waals surface area contributed by atoms with Gasteiger partial charge >= 0.3 is 0 Å². The lowest BCUT2D eigenvalue weighted by molar-refractivity contribution is -0.139. The van der Waals surface area contributed by atoms with Crippen molar-refractivity contribution in [2.45, 2.75) is 32.1 Å². The topological polar surface area (TPSA) is 116 Å². The molecule has 0 spiro atoms. The third-order valence-electron chi connectivity index (χ3n) is 11.6. The van der Waals surface area contributed by atoms with Gasteiger partial charge in [-0.25, -0.2) is 4.90 Å². The highest BCUT2D eigenvalue weighted by atomic mass is 35.5. The first-order valence-electron chi connectivity index (χ1n) is 17.7. The maximum absolute atomic E-state index is 15.2. The van der Waals surface area contributed by atoms with E-state index in [9.17, 15) is 19.5 Å². The van der Waals surface area contributed by atoms with E-state index in [1.54, 1.807) is 30.3 Å². The molecule has 4 aromatic rings. The van der Waals surface area contributed by atoms with Gasteiger partial charge in [0.15, 0.2) is 11.5 Å². The number of aryl methyl sites for hydroxylation is 2. The molecular formula is C43H38ClN3O6. The van der Waals surface area contributed by atoms with Crippen molar-refractivity contribution in [2.75, 3.05) is 17.4 Å². The Morgan fingerprint density at radius 1 is 0.887 bits per heavy atom. The number of imide groups is 2. The molecule has 53 heavy (non-hydrogen) atoms. The van der Waals surface area contributed by atoms with Crippen LogP contribution in [0.5, 0.6) is 11.5 Å². The molecule has 4 aromatic carbocycles. The van der Waals surface area contributed by atoms with Crippen molar-refractivity contribution in [3.05, 3.63) is 136 Å². The summed E-state index contributed by atoms with van der Waals surface area (Å²) >= 11 is 6.46. The molecule has 4 aliphatic rings. The molecule has 2 aliphatic carbocycles. The van der Waals surface area contributed by atoms with Crippen molar-refractivity contribution < 1.29 is 29.0 Å². The number of phenols is 1. The number of nitrogens with one attached hydrogen (secondary N) is 1. The van der Waals surface area contributed by atoms with E-state index in [1.165, 1.54) is 18.1 Å². The average molecular weight is 728 g/mol. The highest BCUT2D eigenvalue weighted by molar-refractivity contribution is 6.32. The van der Waals surface area contributed by atoms with Crippen LogP contribution in [0.25, 0.3) is 6.08 Å². The largest absolute Gasteiger partial charge is 0.504 e. The van der Waals surface area contributed by atoms with E-state index in [0.29, 0.717) is 33.9 Å². The molecule has 2 aliphatic heterocycles. The maximum atomic E-state index is 15.2. The van der Waals surface area contributed by atoms with Crippen LogP contribution < -0.4 is 15.1 Å². The molecule has 2 heterocycles. The van der Waals surface area contributed by atoms with Crippen molar-refractivity contribution in [3.8, 4) is 11.5 Å². The van der Waals surface area contributed by atoms with Crippen LogP contribution in [-0.2, 0) is 24.6 Å². The standard InChI is InChI=1S/C43H38ClN3O6/c1-24-9-14-28(15-10-24)45-47-40(50)34-23-32-30(17-18-31-38(32)41(51)46(39(31)49)29-16-11-25(2)35(44)22-29)33(19-12-26-13-20-36(48)37(21-26)53-3)43(34,42(47)52)27-7-5-4-6-8-27/h4-17,19-22,31-34,38,45,48H,18,23H2,1-3H3/t31-,32+,33-,34-,38-,43-/m0/s1. The first-order chi connectivity index (χ1) is 25.5. The molecule has 0 bridgehead atoms. The van der Waals surface area contributed by atoms with Crippen LogP contribution in [0.2, 0.25) is 5.02 Å². The summed E-state index contributed by atoms with van der Waals surface area (Å²) in [5, 5.41) is 11.9. The van der Waals surface area contributed by atoms with Gasteiger partial charge in [-0.15, -0.1) is 0 Å². The second kappa shape index (κ2) is 13.1. The molecule has 0 unspecified atom stereocenters. The number of carbonyl (C=O) groups excluding carboxylic acids is 4. The third kappa shape index (κ3) is 5.36. The molecule has 9 nitrogen and oxygen atoms in total. The van der Waals surface area contributed by atoms with Crippen LogP contribution in [-0.4, -0.2) is 40.9 Å². The number of ether oxygens (including phenoxy) is 1. The van der Waals surface area contributed by atoms with Gasteiger partial charge in [-0.05, 0) is 85.7 Å². The molecule has 2 saturated heterocycles. The summed E-state index contributed by atoms with van der Waals surface area (Å²) < 4.78 is 5.37. The fourth-order valence-corrected chi connectivity index (χ4v) is 9.15. The lowest BCUT2D eigenvalue weighted by Crippen LogP contribution is -2.54. The molecule has 3 fully saturated rings. The van der Waals surface area contributed by atoms with Crippen LogP contribution in [0.3, 0.4) is 0 Å². The Balaban J connectivity index is 1.29. The van der Waals surface area contributed by atoms with Crippen molar-refractivity contribution in [3.63, 3.8) is 0 Å². The number of anilines is 2. The number of nitrogens with zero attached hydrogens (tertiary/aromatic N) is 2. The van der Waals surface area contributed by atoms with Gasteiger partial charge in [-0.3, -0.25) is 24.6 Å². The van der Waals surface area contributed by atoms with Gasteiger partial charge in [-0.1, -0.05) is 95.6 Å². The summed E-state index contributed by atoms with van der Waals surface area (Å²) in [6, 6.07) is 27.0. The predicted molar refractivity (Wildman–Crippen MR) is 202 cm³/mol. The van der Waals surface area contributed by atoms with E-state index < -0.39 is 46.8 Å². The monoisotopic (exact) mass is 727 g/mol. The van der Waals surface area contributed by atoms with Gasteiger partial charge in [0.05, 0.1) is 41.7 Å². The molecule has 8 rings (SSSR count). The van der Waals surface area contributed by atoms with Gasteiger partial charge in [0.1, 0.15) is 0 Å². The van der Waals surface area contributed by atoms with E-state index in [-0.39, 0.29) is 29.7 Å². The van der Waals surface area contributed by atoms with Gasteiger partial charge < -0.3 is 9.84 Å². The average Bonchev–Trinajstić information content (AvgIpc) is 3.54. The number of methoxy groups -OCH3 is 1. The fraction of sp³-hybridized carbons (Fsp3) is 0.256. The van der Waals surface area contributed by atoms with E-state index >= 15 is 4.79 Å². The highest BCUT2D eigenvalue weighted by Crippen LogP contribution is 2.61. The second-order valence-electron chi connectivity index (χ2n) is 14.4. The van der Waals surface area contributed by atoms with Crippen molar-refractivity contribution >= 4 is 52.7 Å². The van der Waals surface area contributed by atoms with Crippen LogP contribution in [0.1, 0.15) is 35.1 Å². The number of carbonyl (C=O) groups is 4. The molecule has 4 amide bonds. The van der Waals surface area contributed by atoms with Crippen LogP contribution >= 0.6 is 11.6 Å². The normalized spacial score (nSPS) is 26.4. The maximum Gasteiger partial charge on any atom is 0.260 e. The zero-order valence-corrected chi connectivity index (χ0v) is 30.2. The van der Waals surface area contributed by atoms with E-state index in [2.05, 4.69) is 5.43 Å². The molecular weight excluding hydrogens is 690 g/mol. The Bertz CT molecular complexity index is 2230. The zero-order valence-electron chi connectivity index (χ0n) is 29.5. The molecule has 268 valence electrons. The Morgan fingerprint density at radius 3 is 2.36 bits per heavy atom. The summed E-state index contributed by atoms with van der Waals surface area (Å²) in [6.45, 7) is 3.82. The number of allylic oxidation sites excluding steroid dienone is 3. The lowest BCUT2D eigenvalue weighted by atomic mass is 9.50. The Morgan fingerprint density at radius 2 is 1.64 bits per heavy atom. The number of benzene rings is 4. The Labute approximate surface area is 312 Å². The summed E-state index contributed by atoms with van der Waals surface area (Å²) in [7, 11) is 1.47. The van der Waals surface area contributed by atoms with E-state index in [0.717, 1.165) is 21.7 Å². The van der Waals surface area contributed by atoms with Gasteiger partial charge in [0.25, 0.3) is 11.8 Å². The Hall–Kier alpha value is -5.67. The number of phenolic OH excluding ortho intramolecular Hbond substituents is 1.